The van der Waals surface area contributed by atoms with Gasteiger partial charge in [0.25, 0.3) is 0 Å². The number of carbonyl (C=O) groups is 1. The van der Waals surface area contributed by atoms with Crippen molar-refractivity contribution in [2.24, 2.45) is 17.3 Å². The first kappa shape index (κ1) is 14.2. The minimum absolute atomic E-state index is 0.115. The van der Waals surface area contributed by atoms with E-state index in [1.54, 1.807) is 0 Å². The fraction of sp³-hybridized carbons (Fsp3) is 0.769. The minimum Gasteiger partial charge on any atom is -0.461 e. The van der Waals surface area contributed by atoms with Gasteiger partial charge in [0, 0.05) is 0 Å². The summed E-state index contributed by atoms with van der Waals surface area (Å²) in [5.74, 6) is 0.431. The van der Waals surface area contributed by atoms with Crippen LogP contribution >= 0.6 is 0 Å². The topological polar surface area (TPSA) is 26.3 Å². The van der Waals surface area contributed by atoms with Gasteiger partial charge in [0.05, 0.1) is 5.41 Å². The van der Waals surface area contributed by atoms with Crippen molar-refractivity contribution in [1.82, 2.24) is 0 Å². The number of hydrogen-bond donors (Lipinski definition) is 0. The fourth-order valence-electron chi connectivity index (χ4n) is 1.48. The lowest BCUT2D eigenvalue weighted by molar-refractivity contribution is -0.160. The van der Waals surface area contributed by atoms with Gasteiger partial charge in [0.1, 0.15) is 6.61 Å². The van der Waals surface area contributed by atoms with E-state index in [1.165, 1.54) is 0 Å². The summed E-state index contributed by atoms with van der Waals surface area (Å²) in [5, 5.41) is 0. The Hall–Kier alpha value is -0.790. The molecule has 0 fully saturated rings. The molecule has 88 valence electrons. The minimum atomic E-state index is -0.407. The van der Waals surface area contributed by atoms with Crippen molar-refractivity contribution in [2.75, 3.05) is 6.61 Å². The molecule has 0 aromatic heterocycles. The lowest BCUT2D eigenvalue weighted by Gasteiger charge is -2.35. The van der Waals surface area contributed by atoms with E-state index in [-0.39, 0.29) is 17.8 Å². The largest absolute Gasteiger partial charge is 0.461 e. The summed E-state index contributed by atoms with van der Waals surface area (Å²) in [5.41, 5.74) is 0.466. The normalized spacial score (nSPS) is 12.0. The Morgan fingerprint density at radius 1 is 1.27 bits per heavy atom. The molecular weight excluding hydrogens is 188 g/mol. The van der Waals surface area contributed by atoms with Crippen LogP contribution in [0.25, 0.3) is 0 Å². The summed E-state index contributed by atoms with van der Waals surface area (Å²) in [6, 6.07) is 0. The second kappa shape index (κ2) is 5.34. The maximum Gasteiger partial charge on any atom is 0.312 e. The van der Waals surface area contributed by atoms with Crippen LogP contribution in [0.1, 0.15) is 41.5 Å². The van der Waals surface area contributed by atoms with E-state index >= 15 is 0 Å². The third-order valence-corrected chi connectivity index (χ3v) is 3.29. The van der Waals surface area contributed by atoms with Crippen molar-refractivity contribution in [3.8, 4) is 0 Å². The van der Waals surface area contributed by atoms with Crippen LogP contribution in [0.15, 0.2) is 12.2 Å². The molecule has 0 aliphatic rings. The predicted molar refractivity (Wildman–Crippen MR) is 63.6 cm³/mol. The molecule has 0 radical (unpaired) electrons. The molecule has 0 spiro atoms. The summed E-state index contributed by atoms with van der Waals surface area (Å²) >= 11 is 0. The van der Waals surface area contributed by atoms with Gasteiger partial charge < -0.3 is 4.74 Å². The zero-order chi connectivity index (χ0) is 12.2. The Bertz CT molecular complexity index is 231. The van der Waals surface area contributed by atoms with Crippen molar-refractivity contribution in [3.63, 3.8) is 0 Å². The molecule has 0 saturated carbocycles. The molecule has 0 rings (SSSR count). The lowest BCUT2D eigenvalue weighted by Crippen LogP contribution is -2.39. The van der Waals surface area contributed by atoms with E-state index in [9.17, 15) is 4.79 Å². The van der Waals surface area contributed by atoms with Gasteiger partial charge >= 0.3 is 5.97 Å². The van der Waals surface area contributed by atoms with E-state index in [0.717, 1.165) is 5.57 Å². The summed E-state index contributed by atoms with van der Waals surface area (Å²) in [6.07, 6.45) is 0. The van der Waals surface area contributed by atoms with Crippen molar-refractivity contribution in [3.05, 3.63) is 12.2 Å². The summed E-state index contributed by atoms with van der Waals surface area (Å²) in [4.78, 5) is 12.0. The third-order valence-electron chi connectivity index (χ3n) is 3.29. The van der Waals surface area contributed by atoms with Gasteiger partial charge in [-0.25, -0.2) is 0 Å². The van der Waals surface area contributed by atoms with Crippen molar-refractivity contribution in [1.29, 1.82) is 0 Å². The van der Waals surface area contributed by atoms with E-state index in [1.807, 2.05) is 13.8 Å². The molecular formula is C13H24O2. The Balaban J connectivity index is 4.65. The Labute approximate surface area is 93.7 Å². The predicted octanol–water partition coefficient (Wildman–Crippen LogP) is 3.42. The summed E-state index contributed by atoms with van der Waals surface area (Å²) in [6.45, 7) is 16.1. The van der Waals surface area contributed by atoms with Crippen molar-refractivity contribution in [2.45, 2.75) is 41.5 Å². The van der Waals surface area contributed by atoms with Gasteiger partial charge in [-0.1, -0.05) is 34.3 Å². The first-order valence-electron chi connectivity index (χ1n) is 5.54. The SMILES string of the molecule is C=C(C)COC(=O)C(C)(C(C)C)C(C)C. The molecule has 15 heavy (non-hydrogen) atoms. The van der Waals surface area contributed by atoms with E-state index < -0.39 is 5.41 Å². The van der Waals surface area contributed by atoms with E-state index in [4.69, 9.17) is 4.74 Å². The highest BCUT2D eigenvalue weighted by Crippen LogP contribution is 2.36. The Morgan fingerprint density at radius 3 is 1.93 bits per heavy atom. The molecule has 0 aromatic rings. The van der Waals surface area contributed by atoms with Crippen LogP contribution in [0.4, 0.5) is 0 Å². The zero-order valence-corrected chi connectivity index (χ0v) is 10.9. The number of esters is 1. The number of rotatable bonds is 5. The maximum atomic E-state index is 12.0. The van der Waals surface area contributed by atoms with Crippen LogP contribution in [0, 0.1) is 17.3 Å². The van der Waals surface area contributed by atoms with Gasteiger partial charge in [-0.05, 0) is 31.3 Å². The van der Waals surface area contributed by atoms with Crippen molar-refractivity contribution >= 4 is 5.97 Å². The first-order chi connectivity index (χ1) is 6.72. The number of ether oxygens (including phenoxy) is 1. The number of hydrogen-bond acceptors (Lipinski definition) is 2. The van der Waals surface area contributed by atoms with E-state index in [2.05, 4.69) is 34.3 Å². The molecule has 0 N–H and O–H groups in total. The summed E-state index contributed by atoms with van der Waals surface area (Å²) in [7, 11) is 0. The Morgan fingerprint density at radius 2 is 1.67 bits per heavy atom. The molecule has 0 aromatic carbocycles. The summed E-state index contributed by atoms with van der Waals surface area (Å²) < 4.78 is 5.25. The molecule has 0 amide bonds. The van der Waals surface area contributed by atoms with Crippen LogP contribution < -0.4 is 0 Å². The highest BCUT2D eigenvalue weighted by Gasteiger charge is 2.41. The molecule has 2 heteroatoms. The van der Waals surface area contributed by atoms with Crippen LogP contribution in [0.5, 0.6) is 0 Å². The average molecular weight is 212 g/mol. The molecule has 0 atom stereocenters. The highest BCUT2D eigenvalue weighted by atomic mass is 16.5. The lowest BCUT2D eigenvalue weighted by atomic mass is 9.70. The van der Waals surface area contributed by atoms with Crippen LogP contribution in [0.3, 0.4) is 0 Å². The second-order valence-corrected chi connectivity index (χ2v) is 5.13. The molecule has 0 bridgehead atoms. The smallest absolute Gasteiger partial charge is 0.312 e. The molecule has 0 aliphatic heterocycles. The van der Waals surface area contributed by atoms with Gasteiger partial charge in [-0.15, -0.1) is 0 Å². The second-order valence-electron chi connectivity index (χ2n) is 5.13. The highest BCUT2D eigenvalue weighted by molar-refractivity contribution is 5.77. The van der Waals surface area contributed by atoms with E-state index in [0.29, 0.717) is 6.61 Å². The van der Waals surface area contributed by atoms with Gasteiger partial charge in [0.15, 0.2) is 0 Å². The van der Waals surface area contributed by atoms with Gasteiger partial charge in [-0.3, -0.25) is 4.79 Å². The average Bonchev–Trinajstić information content (AvgIpc) is 2.11. The quantitative estimate of drug-likeness (QED) is 0.515. The first-order valence-corrected chi connectivity index (χ1v) is 5.54. The van der Waals surface area contributed by atoms with Gasteiger partial charge in [-0.2, -0.15) is 0 Å². The monoisotopic (exact) mass is 212 g/mol. The molecule has 0 aliphatic carbocycles. The fourth-order valence-corrected chi connectivity index (χ4v) is 1.48. The standard InChI is InChI=1S/C13H24O2/c1-9(2)8-15-12(14)13(7,10(3)4)11(5)6/h10-11H,1,8H2,2-7H3. The van der Waals surface area contributed by atoms with Crippen LogP contribution in [-0.2, 0) is 9.53 Å². The molecule has 2 nitrogen and oxygen atoms in total. The number of carbonyl (C=O) groups excluding carboxylic acids is 1. The van der Waals surface area contributed by atoms with Gasteiger partial charge in [0.2, 0.25) is 0 Å². The molecule has 0 unspecified atom stereocenters. The molecule has 0 saturated heterocycles. The third kappa shape index (κ3) is 3.37. The van der Waals surface area contributed by atoms with Crippen LogP contribution in [-0.4, -0.2) is 12.6 Å². The zero-order valence-electron chi connectivity index (χ0n) is 10.9. The van der Waals surface area contributed by atoms with Crippen molar-refractivity contribution < 1.29 is 9.53 Å². The Kier molecular flexibility index (Phi) is 5.06. The molecule has 0 heterocycles. The maximum absolute atomic E-state index is 12.0. The van der Waals surface area contributed by atoms with Crippen LogP contribution in [0.2, 0.25) is 0 Å².